The molecule has 1 amide bonds. The Hall–Kier alpha value is -3.14. The van der Waals surface area contributed by atoms with Crippen molar-refractivity contribution in [1.82, 2.24) is 4.90 Å². The van der Waals surface area contributed by atoms with Crippen molar-refractivity contribution >= 4 is 27.3 Å². The lowest BCUT2D eigenvalue weighted by molar-refractivity contribution is -0.132. The van der Waals surface area contributed by atoms with Gasteiger partial charge >= 0.3 is 0 Å². The van der Waals surface area contributed by atoms with Gasteiger partial charge in [0.2, 0.25) is 15.9 Å². The highest BCUT2D eigenvalue weighted by molar-refractivity contribution is 7.92. The average molecular weight is 476 g/mol. The summed E-state index contributed by atoms with van der Waals surface area (Å²) in [6.45, 7) is 4.79. The lowest BCUT2D eigenvalue weighted by Gasteiger charge is -2.39. The number of benzene rings is 2. The fourth-order valence-corrected chi connectivity index (χ4v) is 5.38. The zero-order valence-electron chi connectivity index (χ0n) is 19.1. The van der Waals surface area contributed by atoms with Crippen LogP contribution in [0.2, 0.25) is 0 Å². The molecule has 0 N–H and O–H groups in total. The Morgan fingerprint density at radius 3 is 2.24 bits per heavy atom. The summed E-state index contributed by atoms with van der Waals surface area (Å²) in [5.41, 5.74) is 1.43. The number of nitrogens with zero attached hydrogens (tertiary/aromatic N) is 3. The van der Waals surface area contributed by atoms with Crippen LogP contribution < -0.4 is 23.4 Å². The van der Waals surface area contributed by atoms with Crippen molar-refractivity contribution in [3.63, 3.8) is 0 Å². The maximum atomic E-state index is 13.3. The van der Waals surface area contributed by atoms with E-state index in [0.29, 0.717) is 56.6 Å². The highest BCUT2D eigenvalue weighted by Crippen LogP contribution is 2.35. The van der Waals surface area contributed by atoms with E-state index in [1.807, 2.05) is 24.3 Å². The van der Waals surface area contributed by atoms with Gasteiger partial charge in [-0.2, -0.15) is 0 Å². The SMILES string of the molecule is COc1ccc(N2CCN(C(=O)[C@H](C)N(c3ccc4c(c3)OCCO4)S(C)(=O)=O)CC2)cc1. The van der Waals surface area contributed by atoms with Crippen LogP contribution >= 0.6 is 0 Å². The maximum absolute atomic E-state index is 13.3. The summed E-state index contributed by atoms with van der Waals surface area (Å²) in [6, 6.07) is 11.8. The number of methoxy groups -OCH3 is 1. The third-order valence-corrected chi connectivity index (χ3v) is 7.12. The van der Waals surface area contributed by atoms with E-state index in [1.165, 1.54) is 0 Å². The van der Waals surface area contributed by atoms with Crippen LogP contribution in [0.5, 0.6) is 17.2 Å². The number of sulfonamides is 1. The molecule has 0 saturated carbocycles. The van der Waals surface area contributed by atoms with E-state index in [9.17, 15) is 13.2 Å². The highest BCUT2D eigenvalue weighted by atomic mass is 32.2. The molecule has 1 fully saturated rings. The highest BCUT2D eigenvalue weighted by Gasteiger charge is 2.34. The second-order valence-corrected chi connectivity index (χ2v) is 9.93. The van der Waals surface area contributed by atoms with Crippen molar-refractivity contribution in [2.75, 3.05) is 62.0 Å². The van der Waals surface area contributed by atoms with Gasteiger partial charge in [-0.25, -0.2) is 8.42 Å². The topological polar surface area (TPSA) is 88.6 Å². The average Bonchev–Trinajstić information content (AvgIpc) is 2.83. The molecule has 0 bridgehead atoms. The van der Waals surface area contributed by atoms with Gasteiger partial charge in [0.25, 0.3) is 0 Å². The van der Waals surface area contributed by atoms with Gasteiger partial charge in [-0.15, -0.1) is 0 Å². The molecule has 2 aliphatic rings. The van der Waals surface area contributed by atoms with Crippen molar-refractivity contribution in [2.45, 2.75) is 13.0 Å². The number of ether oxygens (including phenoxy) is 3. The maximum Gasteiger partial charge on any atom is 0.246 e. The molecule has 0 aromatic heterocycles. The predicted molar refractivity (Wildman–Crippen MR) is 126 cm³/mol. The Bertz CT molecular complexity index is 1100. The van der Waals surface area contributed by atoms with Gasteiger partial charge in [-0.05, 0) is 43.3 Å². The van der Waals surface area contributed by atoms with E-state index >= 15 is 0 Å². The Morgan fingerprint density at radius 2 is 1.64 bits per heavy atom. The molecule has 0 aliphatic carbocycles. The molecule has 1 atom stereocenters. The molecule has 2 aromatic rings. The summed E-state index contributed by atoms with van der Waals surface area (Å²) in [4.78, 5) is 17.2. The van der Waals surface area contributed by atoms with Crippen LogP contribution in [-0.2, 0) is 14.8 Å². The van der Waals surface area contributed by atoms with Crippen LogP contribution in [0, 0.1) is 0 Å². The van der Waals surface area contributed by atoms with E-state index in [2.05, 4.69) is 4.90 Å². The fourth-order valence-electron chi connectivity index (χ4n) is 4.21. The summed E-state index contributed by atoms with van der Waals surface area (Å²) in [5.74, 6) is 1.60. The van der Waals surface area contributed by atoms with Crippen molar-refractivity contribution in [2.24, 2.45) is 0 Å². The van der Waals surface area contributed by atoms with Crippen LogP contribution in [0.1, 0.15) is 6.92 Å². The van der Waals surface area contributed by atoms with E-state index < -0.39 is 16.1 Å². The number of fused-ring (bicyclic) bond motifs is 1. The number of carbonyl (C=O) groups excluding carboxylic acids is 1. The van der Waals surface area contributed by atoms with Gasteiger partial charge in [0.15, 0.2) is 11.5 Å². The fraction of sp³-hybridized carbons (Fsp3) is 0.435. The van der Waals surface area contributed by atoms with Gasteiger partial charge in [-0.3, -0.25) is 9.10 Å². The van der Waals surface area contributed by atoms with Crippen molar-refractivity contribution in [3.8, 4) is 17.2 Å². The first-order chi connectivity index (χ1) is 15.8. The summed E-state index contributed by atoms with van der Waals surface area (Å²) in [5, 5.41) is 0. The molecule has 0 unspecified atom stereocenters. The Kier molecular flexibility index (Phi) is 6.55. The largest absolute Gasteiger partial charge is 0.497 e. The van der Waals surface area contributed by atoms with Gasteiger partial charge in [0, 0.05) is 37.9 Å². The van der Waals surface area contributed by atoms with Crippen LogP contribution in [0.3, 0.4) is 0 Å². The van der Waals surface area contributed by atoms with Crippen LogP contribution in [-0.4, -0.2) is 78.0 Å². The normalized spacial score (nSPS) is 16.8. The monoisotopic (exact) mass is 475 g/mol. The molecule has 0 radical (unpaired) electrons. The summed E-state index contributed by atoms with van der Waals surface area (Å²) in [6.07, 6.45) is 1.11. The third-order valence-electron chi connectivity index (χ3n) is 5.88. The van der Waals surface area contributed by atoms with E-state index in [1.54, 1.807) is 37.1 Å². The minimum absolute atomic E-state index is 0.232. The lowest BCUT2D eigenvalue weighted by Crippen LogP contribution is -2.55. The zero-order chi connectivity index (χ0) is 23.6. The first kappa shape index (κ1) is 23.0. The summed E-state index contributed by atoms with van der Waals surface area (Å²) >= 11 is 0. The molecule has 2 heterocycles. The molecule has 178 valence electrons. The Labute approximate surface area is 194 Å². The quantitative estimate of drug-likeness (QED) is 0.631. The Balaban J connectivity index is 1.47. The van der Waals surface area contributed by atoms with Crippen LogP contribution in [0.15, 0.2) is 42.5 Å². The molecular weight excluding hydrogens is 446 g/mol. The molecule has 9 nitrogen and oxygen atoms in total. The second kappa shape index (κ2) is 9.38. The van der Waals surface area contributed by atoms with Gasteiger partial charge < -0.3 is 24.0 Å². The minimum atomic E-state index is -3.72. The zero-order valence-corrected chi connectivity index (χ0v) is 19.9. The third kappa shape index (κ3) is 4.95. The molecule has 4 rings (SSSR count). The number of rotatable bonds is 6. The van der Waals surface area contributed by atoms with Gasteiger partial charge in [0.05, 0.1) is 19.1 Å². The van der Waals surface area contributed by atoms with Gasteiger partial charge in [0.1, 0.15) is 25.0 Å². The van der Waals surface area contributed by atoms with Crippen molar-refractivity contribution in [1.29, 1.82) is 0 Å². The molecular formula is C23H29N3O6S. The molecule has 2 aromatic carbocycles. The molecule has 10 heteroatoms. The first-order valence-corrected chi connectivity index (χ1v) is 12.7. The second-order valence-electron chi connectivity index (χ2n) is 8.07. The number of anilines is 2. The van der Waals surface area contributed by atoms with E-state index in [0.717, 1.165) is 22.0 Å². The molecule has 1 saturated heterocycles. The number of amides is 1. The van der Waals surface area contributed by atoms with Crippen LogP contribution in [0.4, 0.5) is 11.4 Å². The number of carbonyl (C=O) groups is 1. The van der Waals surface area contributed by atoms with E-state index in [-0.39, 0.29) is 5.91 Å². The summed E-state index contributed by atoms with van der Waals surface area (Å²) in [7, 11) is -2.09. The first-order valence-electron chi connectivity index (χ1n) is 10.8. The molecule has 2 aliphatic heterocycles. The summed E-state index contributed by atoms with van der Waals surface area (Å²) < 4.78 is 42.9. The smallest absolute Gasteiger partial charge is 0.246 e. The van der Waals surface area contributed by atoms with Gasteiger partial charge in [-0.1, -0.05) is 0 Å². The molecule has 0 spiro atoms. The predicted octanol–water partition coefficient (Wildman–Crippen LogP) is 1.97. The standard InChI is InChI=1S/C23H29N3O6S/c1-17(26(33(3,28)29)19-6-9-21-22(16-19)32-15-14-31-21)23(27)25-12-10-24(11-13-25)18-4-7-20(30-2)8-5-18/h4-9,16-17H,10-15H2,1-3H3/t17-/m0/s1. The van der Waals surface area contributed by atoms with Crippen molar-refractivity contribution < 1.29 is 27.4 Å². The number of hydrogen-bond acceptors (Lipinski definition) is 7. The van der Waals surface area contributed by atoms with E-state index in [4.69, 9.17) is 14.2 Å². The Morgan fingerprint density at radius 1 is 1.00 bits per heavy atom. The number of piperazine rings is 1. The minimum Gasteiger partial charge on any atom is -0.497 e. The lowest BCUT2D eigenvalue weighted by atomic mass is 10.2. The number of hydrogen-bond donors (Lipinski definition) is 0. The van der Waals surface area contributed by atoms with Crippen molar-refractivity contribution in [3.05, 3.63) is 42.5 Å². The molecule has 33 heavy (non-hydrogen) atoms. The van der Waals surface area contributed by atoms with Crippen LogP contribution in [0.25, 0.3) is 0 Å².